The third-order valence-corrected chi connectivity index (χ3v) is 1.08. The van der Waals surface area contributed by atoms with Crippen LogP contribution in [0, 0.1) is 5.92 Å². The lowest BCUT2D eigenvalue weighted by atomic mass is 10.4. The van der Waals surface area contributed by atoms with Crippen LogP contribution in [0.5, 0.6) is 0 Å². The molecule has 3 heteroatoms. The Morgan fingerprint density at radius 1 is 1.86 bits per heavy atom. The molecule has 1 amide bonds. The van der Waals surface area contributed by atoms with Crippen molar-refractivity contribution in [1.29, 1.82) is 0 Å². The molecule has 0 unspecified atom stereocenters. The molecule has 0 aromatic rings. The van der Waals surface area contributed by atoms with Crippen molar-refractivity contribution in [3.8, 4) is 0 Å². The fourth-order valence-corrected chi connectivity index (χ4v) is 0.458. The Bertz CT molecular complexity index is 104. The molecule has 1 saturated carbocycles. The lowest BCUT2D eigenvalue weighted by molar-refractivity contribution is -0.119. The third kappa shape index (κ3) is 0.706. The molecule has 0 spiro atoms. The van der Waals surface area contributed by atoms with Gasteiger partial charge in [-0.25, -0.2) is 4.39 Å². The predicted molar refractivity (Wildman–Crippen MR) is 22.2 cm³/mol. The highest BCUT2D eigenvalue weighted by Crippen LogP contribution is 2.32. The third-order valence-electron chi connectivity index (χ3n) is 1.08. The Kier molecular flexibility index (Phi) is 0.770. The lowest BCUT2D eigenvalue weighted by Gasteiger charge is -1.79. The van der Waals surface area contributed by atoms with Gasteiger partial charge < -0.3 is 5.73 Å². The SMILES string of the molecule is NC(=O)[C@H]1C[C@H]1F. The first kappa shape index (κ1) is 4.56. The summed E-state index contributed by atoms with van der Waals surface area (Å²) in [4.78, 5) is 9.95. The van der Waals surface area contributed by atoms with Crippen molar-refractivity contribution in [3.63, 3.8) is 0 Å². The monoisotopic (exact) mass is 103 g/mol. The normalized spacial score (nSPS) is 37.9. The quantitative estimate of drug-likeness (QED) is 0.492. The van der Waals surface area contributed by atoms with E-state index >= 15 is 0 Å². The highest BCUT2D eigenvalue weighted by molar-refractivity contribution is 5.80. The molecule has 0 aromatic carbocycles. The summed E-state index contributed by atoms with van der Waals surface area (Å²) < 4.78 is 11.7. The minimum Gasteiger partial charge on any atom is -0.369 e. The van der Waals surface area contributed by atoms with Gasteiger partial charge in [-0.2, -0.15) is 0 Å². The van der Waals surface area contributed by atoms with Crippen molar-refractivity contribution in [2.45, 2.75) is 12.6 Å². The summed E-state index contributed by atoms with van der Waals surface area (Å²) in [7, 11) is 0. The van der Waals surface area contributed by atoms with Crippen molar-refractivity contribution in [2.24, 2.45) is 11.7 Å². The number of alkyl halides is 1. The Labute approximate surface area is 40.5 Å². The van der Waals surface area contributed by atoms with Crippen molar-refractivity contribution >= 4 is 5.91 Å². The second kappa shape index (κ2) is 1.18. The Morgan fingerprint density at radius 2 is 2.29 bits per heavy atom. The molecular weight excluding hydrogens is 97.0 g/mol. The summed E-state index contributed by atoms with van der Waals surface area (Å²) >= 11 is 0. The first-order valence-corrected chi connectivity index (χ1v) is 2.15. The smallest absolute Gasteiger partial charge is 0.223 e. The number of rotatable bonds is 1. The van der Waals surface area contributed by atoms with Crippen molar-refractivity contribution in [1.82, 2.24) is 0 Å². The van der Waals surface area contributed by atoms with E-state index in [1.165, 1.54) is 0 Å². The van der Waals surface area contributed by atoms with Gasteiger partial charge in [0.1, 0.15) is 6.17 Å². The Balaban J connectivity index is 2.33. The van der Waals surface area contributed by atoms with Crippen LogP contribution in [0.4, 0.5) is 4.39 Å². The van der Waals surface area contributed by atoms with Gasteiger partial charge in [0.05, 0.1) is 5.92 Å². The standard InChI is InChI=1S/C4H6FNO/c5-3-1-2(3)4(6)7/h2-3H,1H2,(H2,6,7)/t2-,3+/m0/s1. The molecule has 1 rings (SSSR count). The van der Waals surface area contributed by atoms with Crippen LogP contribution in [-0.2, 0) is 4.79 Å². The van der Waals surface area contributed by atoms with Crippen LogP contribution < -0.4 is 5.73 Å². The molecule has 2 nitrogen and oxygen atoms in total. The Morgan fingerprint density at radius 3 is 2.29 bits per heavy atom. The molecule has 0 heterocycles. The zero-order valence-corrected chi connectivity index (χ0v) is 3.73. The molecule has 0 aromatic heterocycles. The lowest BCUT2D eigenvalue weighted by Crippen LogP contribution is -2.13. The fraction of sp³-hybridized carbons (Fsp3) is 0.750. The van der Waals surface area contributed by atoms with Gasteiger partial charge in [-0.05, 0) is 6.42 Å². The average Bonchev–Trinajstić information content (AvgIpc) is 2.17. The van der Waals surface area contributed by atoms with Crippen LogP contribution in [0.1, 0.15) is 6.42 Å². The number of carbonyl (C=O) groups excluding carboxylic acids is 1. The number of carbonyl (C=O) groups is 1. The van der Waals surface area contributed by atoms with E-state index in [9.17, 15) is 9.18 Å². The largest absolute Gasteiger partial charge is 0.369 e. The van der Waals surface area contributed by atoms with Crippen LogP contribution in [0.15, 0.2) is 0 Å². The maximum Gasteiger partial charge on any atom is 0.223 e. The first-order chi connectivity index (χ1) is 3.22. The molecule has 1 aliphatic rings. The molecule has 0 saturated heterocycles. The van der Waals surface area contributed by atoms with Crippen molar-refractivity contribution in [2.75, 3.05) is 0 Å². The number of nitrogens with two attached hydrogens (primary N) is 1. The van der Waals surface area contributed by atoms with Gasteiger partial charge in [-0.15, -0.1) is 0 Å². The van der Waals surface area contributed by atoms with E-state index in [1.807, 2.05) is 0 Å². The summed E-state index contributed by atoms with van der Waals surface area (Å²) in [6.45, 7) is 0. The number of hydrogen-bond donors (Lipinski definition) is 1. The maximum atomic E-state index is 11.7. The summed E-state index contributed by atoms with van der Waals surface area (Å²) in [5.41, 5.74) is 4.71. The summed E-state index contributed by atoms with van der Waals surface area (Å²) in [6.07, 6.45) is -0.590. The van der Waals surface area contributed by atoms with E-state index in [-0.39, 0.29) is 0 Å². The maximum absolute atomic E-state index is 11.7. The molecule has 2 atom stereocenters. The highest BCUT2D eigenvalue weighted by Gasteiger charge is 2.42. The number of hydrogen-bond acceptors (Lipinski definition) is 1. The summed E-state index contributed by atoms with van der Waals surface area (Å²) in [5, 5.41) is 0. The minimum absolute atomic E-state index is 0.343. The van der Waals surface area contributed by atoms with E-state index in [2.05, 4.69) is 0 Å². The van der Waals surface area contributed by atoms with Crippen LogP contribution in [0.2, 0.25) is 0 Å². The van der Waals surface area contributed by atoms with Crippen LogP contribution in [0.25, 0.3) is 0 Å². The van der Waals surface area contributed by atoms with Gasteiger partial charge in [0.2, 0.25) is 5.91 Å². The number of halogens is 1. The molecule has 40 valence electrons. The van der Waals surface area contributed by atoms with Crippen molar-refractivity contribution < 1.29 is 9.18 Å². The molecule has 7 heavy (non-hydrogen) atoms. The van der Waals surface area contributed by atoms with E-state index in [0.29, 0.717) is 6.42 Å². The minimum atomic E-state index is -0.933. The van der Waals surface area contributed by atoms with Gasteiger partial charge in [-0.1, -0.05) is 0 Å². The number of primary amides is 1. The van der Waals surface area contributed by atoms with Crippen LogP contribution in [-0.4, -0.2) is 12.1 Å². The molecule has 1 fully saturated rings. The second-order valence-corrected chi connectivity index (χ2v) is 1.76. The zero-order chi connectivity index (χ0) is 5.44. The van der Waals surface area contributed by atoms with E-state index in [4.69, 9.17) is 5.73 Å². The van der Waals surface area contributed by atoms with Crippen LogP contribution >= 0.6 is 0 Å². The average molecular weight is 103 g/mol. The van der Waals surface area contributed by atoms with E-state index < -0.39 is 18.0 Å². The van der Waals surface area contributed by atoms with Gasteiger partial charge in [-0.3, -0.25) is 4.79 Å². The molecule has 0 aliphatic heterocycles. The summed E-state index contributed by atoms with van der Waals surface area (Å²) in [5.74, 6) is -0.965. The van der Waals surface area contributed by atoms with Gasteiger partial charge in [0, 0.05) is 0 Å². The van der Waals surface area contributed by atoms with Gasteiger partial charge in [0.25, 0.3) is 0 Å². The first-order valence-electron chi connectivity index (χ1n) is 2.15. The second-order valence-electron chi connectivity index (χ2n) is 1.76. The zero-order valence-electron chi connectivity index (χ0n) is 3.73. The highest BCUT2D eigenvalue weighted by atomic mass is 19.1. The van der Waals surface area contributed by atoms with E-state index in [1.54, 1.807) is 0 Å². The molecular formula is C4H6FNO. The fourth-order valence-electron chi connectivity index (χ4n) is 0.458. The van der Waals surface area contributed by atoms with E-state index in [0.717, 1.165) is 0 Å². The molecule has 2 N–H and O–H groups in total. The van der Waals surface area contributed by atoms with Gasteiger partial charge >= 0.3 is 0 Å². The van der Waals surface area contributed by atoms with Crippen LogP contribution in [0.3, 0.4) is 0 Å². The summed E-state index contributed by atoms with van der Waals surface area (Å²) in [6, 6.07) is 0. The van der Waals surface area contributed by atoms with Gasteiger partial charge in [0.15, 0.2) is 0 Å². The predicted octanol–water partition coefficient (Wildman–Crippen LogP) is -0.170. The van der Waals surface area contributed by atoms with Crippen molar-refractivity contribution in [3.05, 3.63) is 0 Å². The molecule has 1 aliphatic carbocycles. The molecule has 0 radical (unpaired) electrons. The Hall–Kier alpha value is -0.600. The topological polar surface area (TPSA) is 43.1 Å². The molecule has 0 bridgehead atoms. The number of amides is 1.